The zero-order chi connectivity index (χ0) is 17.7. The number of hydrogen-bond acceptors (Lipinski definition) is 8. The summed E-state index contributed by atoms with van der Waals surface area (Å²) in [7, 11) is 1.41. The van der Waals surface area contributed by atoms with Gasteiger partial charge >= 0.3 is 0 Å². The highest BCUT2D eigenvalue weighted by Gasteiger charge is 2.45. The Kier molecular flexibility index (Phi) is 6.52. The van der Waals surface area contributed by atoms with Gasteiger partial charge in [0.25, 0.3) is 0 Å². The molecule has 1 heterocycles. The summed E-state index contributed by atoms with van der Waals surface area (Å²) in [4.78, 5) is 10.8. The van der Waals surface area contributed by atoms with Crippen LogP contribution in [-0.4, -0.2) is 72.6 Å². The lowest BCUT2D eigenvalue weighted by Gasteiger charge is -2.40. The Morgan fingerprint density at radius 2 is 1.92 bits per heavy atom. The maximum Gasteiger partial charge on any atom is 0.229 e. The Bertz CT molecular complexity index is 549. The number of ether oxygens (including phenoxy) is 4. The van der Waals surface area contributed by atoms with Crippen molar-refractivity contribution in [1.82, 2.24) is 0 Å². The van der Waals surface area contributed by atoms with Crippen LogP contribution in [-0.2, 0) is 9.47 Å². The second-order valence-corrected chi connectivity index (χ2v) is 5.32. The van der Waals surface area contributed by atoms with Crippen LogP contribution in [0.3, 0.4) is 0 Å². The van der Waals surface area contributed by atoms with Crippen molar-refractivity contribution in [3.8, 4) is 11.5 Å². The van der Waals surface area contributed by atoms with E-state index in [9.17, 15) is 20.1 Å². The number of rotatable bonds is 7. The van der Waals surface area contributed by atoms with Crippen molar-refractivity contribution in [1.29, 1.82) is 0 Å². The van der Waals surface area contributed by atoms with Gasteiger partial charge in [0.05, 0.1) is 13.7 Å². The zero-order valence-corrected chi connectivity index (χ0v) is 13.5. The minimum Gasteiger partial charge on any atom is -0.493 e. The Morgan fingerprint density at radius 3 is 2.54 bits per heavy atom. The molecular formula is C16H22O8. The van der Waals surface area contributed by atoms with Gasteiger partial charge in [0, 0.05) is 12.2 Å². The molecule has 0 amide bonds. The van der Waals surface area contributed by atoms with Gasteiger partial charge < -0.3 is 34.3 Å². The van der Waals surface area contributed by atoms with Gasteiger partial charge in [-0.25, -0.2) is 0 Å². The van der Waals surface area contributed by atoms with Crippen LogP contribution in [0.25, 0.3) is 0 Å². The van der Waals surface area contributed by atoms with Gasteiger partial charge in [0.1, 0.15) is 30.7 Å². The molecule has 0 saturated carbocycles. The van der Waals surface area contributed by atoms with Crippen molar-refractivity contribution in [2.75, 3.05) is 20.3 Å². The van der Waals surface area contributed by atoms with Crippen LogP contribution in [0, 0.1) is 0 Å². The van der Waals surface area contributed by atoms with Gasteiger partial charge in [-0.3, -0.25) is 4.79 Å². The van der Waals surface area contributed by atoms with Crippen molar-refractivity contribution in [2.45, 2.75) is 37.6 Å². The standard InChI is InChI=1S/C16H22O8/c1-3-22-8-12-13(18)14(19)15(20)16(24-12)23-10-5-4-9(7-17)6-11(10)21-2/h4-7,12-16,18-20H,3,8H2,1-2H3/t12-,13-,14+,15-,16-/m1/s1. The lowest BCUT2D eigenvalue weighted by molar-refractivity contribution is -0.279. The fraction of sp³-hybridized carbons (Fsp3) is 0.562. The van der Waals surface area contributed by atoms with Crippen molar-refractivity contribution in [2.24, 2.45) is 0 Å². The largest absolute Gasteiger partial charge is 0.493 e. The summed E-state index contributed by atoms with van der Waals surface area (Å²) in [5, 5.41) is 30.0. The number of carbonyl (C=O) groups is 1. The molecule has 1 aliphatic heterocycles. The maximum atomic E-state index is 10.8. The first-order valence-electron chi connectivity index (χ1n) is 7.59. The molecule has 8 nitrogen and oxygen atoms in total. The molecule has 8 heteroatoms. The molecular weight excluding hydrogens is 320 g/mol. The molecule has 1 aromatic carbocycles. The van der Waals surface area contributed by atoms with Crippen LogP contribution in [0.1, 0.15) is 17.3 Å². The van der Waals surface area contributed by atoms with Gasteiger partial charge in [-0.05, 0) is 25.1 Å². The molecule has 24 heavy (non-hydrogen) atoms. The summed E-state index contributed by atoms with van der Waals surface area (Å²) in [6, 6.07) is 4.48. The van der Waals surface area contributed by atoms with E-state index in [4.69, 9.17) is 18.9 Å². The zero-order valence-electron chi connectivity index (χ0n) is 13.5. The van der Waals surface area contributed by atoms with Gasteiger partial charge in [-0.2, -0.15) is 0 Å². The Hall–Kier alpha value is -1.71. The van der Waals surface area contributed by atoms with E-state index in [1.807, 2.05) is 0 Å². The lowest BCUT2D eigenvalue weighted by atomic mass is 9.99. The summed E-state index contributed by atoms with van der Waals surface area (Å²) >= 11 is 0. The monoisotopic (exact) mass is 342 g/mol. The fourth-order valence-corrected chi connectivity index (χ4v) is 2.37. The predicted molar refractivity (Wildman–Crippen MR) is 82.2 cm³/mol. The molecule has 2 rings (SSSR count). The number of aliphatic hydroxyl groups excluding tert-OH is 3. The number of methoxy groups -OCH3 is 1. The summed E-state index contributed by atoms with van der Waals surface area (Å²) in [6.07, 6.45) is -5.64. The molecule has 0 bridgehead atoms. The smallest absolute Gasteiger partial charge is 0.229 e. The van der Waals surface area contributed by atoms with Crippen LogP contribution in [0.5, 0.6) is 11.5 Å². The summed E-state index contributed by atoms with van der Waals surface area (Å²) in [5.74, 6) is 0.503. The van der Waals surface area contributed by atoms with Crippen LogP contribution in [0.2, 0.25) is 0 Å². The normalized spacial score (nSPS) is 30.0. The topological polar surface area (TPSA) is 115 Å². The summed E-state index contributed by atoms with van der Waals surface area (Å²) in [5.41, 5.74) is 0.397. The molecule has 0 aliphatic carbocycles. The van der Waals surface area contributed by atoms with Gasteiger partial charge in [0.2, 0.25) is 6.29 Å². The molecule has 0 spiro atoms. The van der Waals surface area contributed by atoms with Crippen molar-refractivity contribution in [3.63, 3.8) is 0 Å². The number of aldehydes is 1. The minimum absolute atomic E-state index is 0.0442. The number of benzene rings is 1. The van der Waals surface area contributed by atoms with Crippen LogP contribution >= 0.6 is 0 Å². The van der Waals surface area contributed by atoms with E-state index in [0.29, 0.717) is 18.5 Å². The minimum atomic E-state index is -1.46. The fourth-order valence-electron chi connectivity index (χ4n) is 2.37. The number of carbonyl (C=O) groups excluding carboxylic acids is 1. The van der Waals surface area contributed by atoms with E-state index >= 15 is 0 Å². The van der Waals surface area contributed by atoms with Crippen LogP contribution in [0.4, 0.5) is 0 Å². The highest BCUT2D eigenvalue weighted by molar-refractivity contribution is 5.76. The van der Waals surface area contributed by atoms with Gasteiger partial charge in [-0.1, -0.05) is 0 Å². The second kappa shape index (κ2) is 8.41. The molecule has 1 aliphatic rings. The highest BCUT2D eigenvalue weighted by atomic mass is 16.7. The third-order valence-electron chi connectivity index (χ3n) is 3.72. The van der Waals surface area contributed by atoms with Gasteiger partial charge in [-0.15, -0.1) is 0 Å². The summed E-state index contributed by atoms with van der Waals surface area (Å²) in [6.45, 7) is 2.24. The second-order valence-electron chi connectivity index (χ2n) is 5.32. The summed E-state index contributed by atoms with van der Waals surface area (Å²) < 4.78 is 21.4. The number of aliphatic hydroxyl groups is 3. The molecule has 0 radical (unpaired) electrons. The highest BCUT2D eigenvalue weighted by Crippen LogP contribution is 2.31. The molecule has 5 atom stereocenters. The van der Waals surface area contributed by atoms with E-state index in [2.05, 4.69) is 0 Å². The van der Waals surface area contributed by atoms with E-state index in [-0.39, 0.29) is 18.1 Å². The van der Waals surface area contributed by atoms with Crippen molar-refractivity contribution in [3.05, 3.63) is 23.8 Å². The Labute approximate surface area is 139 Å². The predicted octanol–water partition coefficient (Wildman–Crippen LogP) is -0.269. The van der Waals surface area contributed by atoms with Crippen LogP contribution in [0.15, 0.2) is 18.2 Å². The first kappa shape index (κ1) is 18.6. The number of hydrogen-bond donors (Lipinski definition) is 3. The van der Waals surface area contributed by atoms with Crippen molar-refractivity contribution < 1.29 is 39.1 Å². The first-order chi connectivity index (χ1) is 11.5. The molecule has 1 aromatic rings. The Morgan fingerprint density at radius 1 is 1.17 bits per heavy atom. The van der Waals surface area contributed by atoms with Crippen LogP contribution < -0.4 is 9.47 Å². The average Bonchev–Trinajstić information content (AvgIpc) is 2.61. The van der Waals surface area contributed by atoms with E-state index in [0.717, 1.165) is 0 Å². The van der Waals surface area contributed by atoms with E-state index < -0.39 is 30.7 Å². The molecule has 1 saturated heterocycles. The molecule has 3 N–H and O–H groups in total. The molecule has 0 aromatic heterocycles. The molecule has 1 fully saturated rings. The maximum absolute atomic E-state index is 10.8. The van der Waals surface area contributed by atoms with Crippen molar-refractivity contribution >= 4 is 6.29 Å². The Balaban J connectivity index is 2.16. The first-order valence-corrected chi connectivity index (χ1v) is 7.59. The van der Waals surface area contributed by atoms with E-state index in [1.54, 1.807) is 6.92 Å². The third-order valence-corrected chi connectivity index (χ3v) is 3.72. The molecule has 0 unspecified atom stereocenters. The van der Waals surface area contributed by atoms with Gasteiger partial charge in [0.15, 0.2) is 11.5 Å². The average molecular weight is 342 g/mol. The molecule has 134 valence electrons. The lowest BCUT2D eigenvalue weighted by Crippen LogP contribution is -2.60. The van der Waals surface area contributed by atoms with E-state index in [1.165, 1.54) is 25.3 Å². The third kappa shape index (κ3) is 4.03. The SMILES string of the molecule is CCOC[C@H]1O[C@@H](Oc2ccc(C=O)cc2OC)[C@H](O)[C@@H](O)[C@@H]1O. The quantitative estimate of drug-likeness (QED) is 0.580.